The van der Waals surface area contributed by atoms with Crippen LogP contribution >= 0.6 is 12.2 Å². The fourth-order valence-corrected chi connectivity index (χ4v) is 2.25. The van der Waals surface area contributed by atoms with Crippen molar-refractivity contribution in [3.05, 3.63) is 53.7 Å². The fourth-order valence-electron chi connectivity index (χ4n) is 2.00. The number of carbonyl (C=O) groups is 2. The zero-order valence-corrected chi connectivity index (χ0v) is 12.2. The minimum Gasteiger partial charge on any atom is -0.481 e. The normalized spacial score (nSPS) is 14.5. The molecule has 2 rings (SSSR count). The van der Waals surface area contributed by atoms with Crippen molar-refractivity contribution in [3.63, 3.8) is 0 Å². The molecule has 0 fully saturated rings. The zero-order chi connectivity index (χ0) is 15.2. The van der Waals surface area contributed by atoms with E-state index in [1.807, 2.05) is 30.3 Å². The number of carboxylic acid groups (broad SMARTS) is 1. The van der Waals surface area contributed by atoms with Gasteiger partial charge in [0.25, 0.3) is 0 Å². The van der Waals surface area contributed by atoms with Gasteiger partial charge in [-0.2, -0.15) is 0 Å². The first-order valence-electron chi connectivity index (χ1n) is 6.61. The Balaban J connectivity index is 2.02. The molecule has 1 aliphatic rings. The number of thiocarbonyl (C=S) groups is 1. The largest absolute Gasteiger partial charge is 0.481 e. The van der Waals surface area contributed by atoms with Gasteiger partial charge in [-0.05, 0) is 18.1 Å². The maximum absolute atomic E-state index is 12.2. The minimum atomic E-state index is -0.834. The summed E-state index contributed by atoms with van der Waals surface area (Å²) in [7, 11) is 0. The first-order chi connectivity index (χ1) is 10.1. The molecule has 0 unspecified atom stereocenters. The summed E-state index contributed by atoms with van der Waals surface area (Å²) < 4.78 is 0. The molecule has 0 bridgehead atoms. The Morgan fingerprint density at radius 3 is 2.57 bits per heavy atom. The molecule has 0 amide bonds. The van der Waals surface area contributed by atoms with Crippen molar-refractivity contribution in [1.29, 1.82) is 0 Å². The number of allylic oxidation sites excluding steroid dienone is 3. The molecule has 0 saturated carbocycles. The smallest absolute Gasteiger partial charge is 0.303 e. The highest BCUT2D eigenvalue weighted by molar-refractivity contribution is 7.81. The van der Waals surface area contributed by atoms with Gasteiger partial charge in [0.1, 0.15) is 0 Å². The highest BCUT2D eigenvalue weighted by atomic mass is 32.1. The zero-order valence-electron chi connectivity index (χ0n) is 11.3. The summed E-state index contributed by atoms with van der Waals surface area (Å²) in [5.74, 6) is -0.935. The molecule has 0 spiro atoms. The van der Waals surface area contributed by atoms with Gasteiger partial charge in [0, 0.05) is 24.6 Å². The number of ketones is 1. The summed E-state index contributed by atoms with van der Waals surface area (Å²) in [4.78, 5) is 23.1. The van der Waals surface area contributed by atoms with Crippen LogP contribution in [0.5, 0.6) is 0 Å². The standard InChI is InChI=1S/C16H15NO3S/c18-14-10-13(17-8-4-7-16(19)20)15(21)9-12(14)11-5-2-1-3-6-11/h1-3,5-6,9-10,17H,4,7-8H2,(H,19,20). The van der Waals surface area contributed by atoms with Crippen molar-refractivity contribution < 1.29 is 14.7 Å². The van der Waals surface area contributed by atoms with Gasteiger partial charge in [0.2, 0.25) is 0 Å². The molecule has 0 saturated heterocycles. The van der Waals surface area contributed by atoms with Crippen LogP contribution in [-0.4, -0.2) is 28.3 Å². The van der Waals surface area contributed by atoms with Crippen molar-refractivity contribution in [2.24, 2.45) is 0 Å². The van der Waals surface area contributed by atoms with E-state index in [2.05, 4.69) is 5.32 Å². The second kappa shape index (κ2) is 6.95. The van der Waals surface area contributed by atoms with Crippen molar-refractivity contribution in [2.45, 2.75) is 12.8 Å². The first kappa shape index (κ1) is 15.1. The molecule has 1 aromatic carbocycles. The average molecular weight is 301 g/mol. The van der Waals surface area contributed by atoms with E-state index in [0.29, 0.717) is 29.1 Å². The number of hydrogen-bond acceptors (Lipinski definition) is 4. The maximum Gasteiger partial charge on any atom is 0.303 e. The molecule has 5 heteroatoms. The van der Waals surface area contributed by atoms with Crippen molar-refractivity contribution in [1.82, 2.24) is 5.32 Å². The second-order valence-electron chi connectivity index (χ2n) is 4.63. The number of benzene rings is 1. The topological polar surface area (TPSA) is 66.4 Å². The van der Waals surface area contributed by atoms with Crippen LogP contribution in [0, 0.1) is 0 Å². The monoisotopic (exact) mass is 301 g/mol. The van der Waals surface area contributed by atoms with Crippen LogP contribution in [0.1, 0.15) is 18.4 Å². The van der Waals surface area contributed by atoms with Crippen molar-refractivity contribution in [2.75, 3.05) is 6.54 Å². The third-order valence-corrected chi connectivity index (χ3v) is 3.39. The Morgan fingerprint density at radius 2 is 1.90 bits per heavy atom. The molecular weight excluding hydrogens is 286 g/mol. The lowest BCUT2D eigenvalue weighted by atomic mass is 9.95. The first-order valence-corrected chi connectivity index (χ1v) is 7.02. The van der Waals surface area contributed by atoms with Gasteiger partial charge >= 0.3 is 5.97 Å². The van der Waals surface area contributed by atoms with E-state index in [9.17, 15) is 9.59 Å². The summed E-state index contributed by atoms with van der Waals surface area (Å²) in [6.45, 7) is 0.472. The van der Waals surface area contributed by atoms with Crippen LogP contribution in [0.25, 0.3) is 5.57 Å². The number of rotatable bonds is 6. The molecule has 0 aliphatic heterocycles. The summed E-state index contributed by atoms with van der Waals surface area (Å²) in [5, 5.41) is 11.6. The predicted molar refractivity (Wildman–Crippen MR) is 85.0 cm³/mol. The van der Waals surface area contributed by atoms with Crippen molar-refractivity contribution in [3.8, 4) is 0 Å². The number of carboxylic acids is 1. The third kappa shape index (κ3) is 4.10. The van der Waals surface area contributed by atoms with E-state index in [4.69, 9.17) is 17.3 Å². The Bertz CT molecular complexity index is 632. The Morgan fingerprint density at radius 1 is 1.19 bits per heavy atom. The van der Waals surface area contributed by atoms with Gasteiger partial charge in [0.05, 0.1) is 10.6 Å². The Kier molecular flexibility index (Phi) is 5.00. The van der Waals surface area contributed by atoms with Gasteiger partial charge in [-0.25, -0.2) is 0 Å². The molecule has 0 radical (unpaired) electrons. The number of nitrogens with one attached hydrogen (secondary N) is 1. The van der Waals surface area contributed by atoms with Crippen LogP contribution in [0.3, 0.4) is 0 Å². The highest BCUT2D eigenvalue weighted by Crippen LogP contribution is 2.21. The van der Waals surface area contributed by atoms with Crippen LogP contribution in [0.15, 0.2) is 48.2 Å². The molecule has 1 aromatic rings. The van der Waals surface area contributed by atoms with E-state index in [1.54, 1.807) is 6.08 Å². The van der Waals surface area contributed by atoms with Gasteiger partial charge in [0.15, 0.2) is 5.78 Å². The van der Waals surface area contributed by atoms with E-state index in [-0.39, 0.29) is 12.2 Å². The van der Waals surface area contributed by atoms with Crippen LogP contribution in [-0.2, 0) is 9.59 Å². The molecule has 0 aromatic heterocycles. The molecule has 0 atom stereocenters. The fraction of sp³-hybridized carbons (Fsp3) is 0.188. The molecule has 108 valence electrons. The third-order valence-electron chi connectivity index (χ3n) is 3.05. The van der Waals surface area contributed by atoms with Crippen molar-refractivity contribution >= 4 is 34.4 Å². The summed E-state index contributed by atoms with van der Waals surface area (Å²) in [5.41, 5.74) is 2.00. The summed E-state index contributed by atoms with van der Waals surface area (Å²) in [6, 6.07) is 9.36. The van der Waals surface area contributed by atoms with Gasteiger partial charge in [-0.1, -0.05) is 42.5 Å². The lowest BCUT2D eigenvalue weighted by molar-refractivity contribution is -0.137. The van der Waals surface area contributed by atoms with Gasteiger partial charge in [-0.15, -0.1) is 0 Å². The Labute approximate surface area is 128 Å². The van der Waals surface area contributed by atoms with E-state index >= 15 is 0 Å². The molecular formula is C16H15NO3S. The molecule has 4 nitrogen and oxygen atoms in total. The molecule has 0 heterocycles. The summed E-state index contributed by atoms with van der Waals surface area (Å²) in [6.07, 6.45) is 3.74. The number of carbonyl (C=O) groups excluding carboxylic acids is 1. The van der Waals surface area contributed by atoms with Crippen LogP contribution in [0.4, 0.5) is 0 Å². The average Bonchev–Trinajstić information content (AvgIpc) is 2.47. The van der Waals surface area contributed by atoms with E-state index in [1.165, 1.54) is 6.08 Å². The number of hydrogen-bond donors (Lipinski definition) is 2. The molecule has 2 N–H and O–H groups in total. The molecule has 1 aliphatic carbocycles. The predicted octanol–water partition coefficient (Wildman–Crippen LogP) is 2.36. The lowest BCUT2D eigenvalue weighted by Gasteiger charge is -2.16. The van der Waals surface area contributed by atoms with E-state index in [0.717, 1.165) is 5.56 Å². The Hall–Kier alpha value is -2.27. The molecule has 21 heavy (non-hydrogen) atoms. The van der Waals surface area contributed by atoms with Crippen LogP contribution < -0.4 is 5.32 Å². The summed E-state index contributed by atoms with van der Waals surface area (Å²) >= 11 is 5.28. The van der Waals surface area contributed by atoms with Gasteiger partial charge in [-0.3, -0.25) is 9.59 Å². The maximum atomic E-state index is 12.2. The van der Waals surface area contributed by atoms with Gasteiger partial charge < -0.3 is 10.4 Å². The van der Waals surface area contributed by atoms with Crippen LogP contribution in [0.2, 0.25) is 0 Å². The second-order valence-corrected chi connectivity index (χ2v) is 5.07. The highest BCUT2D eigenvalue weighted by Gasteiger charge is 2.18. The number of aliphatic carboxylic acids is 1. The lowest BCUT2D eigenvalue weighted by Crippen LogP contribution is -2.24. The SMILES string of the molecule is O=C(O)CCCNC1=CC(=O)C(c2ccccc2)=CC1=S. The quantitative estimate of drug-likeness (QED) is 0.624. The van der Waals surface area contributed by atoms with E-state index < -0.39 is 5.97 Å². The minimum absolute atomic E-state index is 0.0894.